The number of hydrogen-bond acceptors (Lipinski definition) is 3. The molecule has 0 saturated heterocycles. The zero-order chi connectivity index (χ0) is 8.97. The lowest BCUT2D eigenvalue weighted by Gasteiger charge is -2.04. The van der Waals surface area contributed by atoms with E-state index in [0.29, 0.717) is 0 Å². The van der Waals surface area contributed by atoms with E-state index >= 15 is 0 Å². The summed E-state index contributed by atoms with van der Waals surface area (Å²) in [5.74, 6) is 0. The topological polar surface area (TPSA) is 59.1 Å². The molecule has 12 heavy (non-hydrogen) atoms. The molecule has 64 valence electrons. The Balaban J connectivity index is 2.84. The maximum atomic E-state index is 8.73. The Kier molecular flexibility index (Phi) is 2.96. The smallest absolute Gasteiger partial charge is 0.0696 e. The highest BCUT2D eigenvalue weighted by Gasteiger charge is 2.01. The fourth-order valence-corrected chi connectivity index (χ4v) is 0.847. The van der Waals surface area contributed by atoms with E-state index < -0.39 is 0 Å². The molecular weight excluding hydrogens is 152 g/mol. The maximum Gasteiger partial charge on any atom is 0.0696 e. The Labute approximate surface area is 71.6 Å². The van der Waals surface area contributed by atoms with Crippen molar-refractivity contribution in [3.8, 4) is 0 Å². The Morgan fingerprint density at radius 1 is 1.67 bits per heavy atom. The number of aliphatic hydroxyl groups excluding tert-OH is 1. The summed E-state index contributed by atoms with van der Waals surface area (Å²) in [5, 5.41) is 8.73. The minimum atomic E-state index is -0.224. The summed E-state index contributed by atoms with van der Waals surface area (Å²) >= 11 is 0. The molecular formula is C9H12N2O. The largest absolute Gasteiger partial charge is 0.392 e. The van der Waals surface area contributed by atoms with Gasteiger partial charge in [0.1, 0.15) is 0 Å². The van der Waals surface area contributed by atoms with Crippen LogP contribution in [0.4, 0.5) is 0 Å². The van der Waals surface area contributed by atoms with Gasteiger partial charge < -0.3 is 10.8 Å². The molecule has 1 rings (SSSR count). The second-order valence-electron chi connectivity index (χ2n) is 2.51. The Morgan fingerprint density at radius 2 is 2.42 bits per heavy atom. The van der Waals surface area contributed by atoms with Gasteiger partial charge in [0.05, 0.1) is 18.3 Å². The summed E-state index contributed by atoms with van der Waals surface area (Å²) < 4.78 is 0. The average Bonchev–Trinajstić information content (AvgIpc) is 2.17. The lowest BCUT2D eigenvalue weighted by atomic mass is 10.2. The molecule has 0 saturated carbocycles. The van der Waals surface area contributed by atoms with E-state index in [-0.39, 0.29) is 12.6 Å². The molecule has 0 fully saturated rings. The van der Waals surface area contributed by atoms with Gasteiger partial charge in [0.25, 0.3) is 0 Å². The monoisotopic (exact) mass is 164 g/mol. The fraction of sp³-hybridized carbons (Fsp3) is 0.222. The van der Waals surface area contributed by atoms with Gasteiger partial charge in [-0.3, -0.25) is 4.98 Å². The first-order chi connectivity index (χ1) is 5.77. The van der Waals surface area contributed by atoms with Crippen molar-refractivity contribution >= 4 is 0 Å². The minimum Gasteiger partial charge on any atom is -0.392 e. The highest BCUT2D eigenvalue weighted by Crippen LogP contribution is 2.08. The van der Waals surface area contributed by atoms with Crippen LogP contribution < -0.4 is 5.73 Å². The number of aromatic nitrogens is 1. The molecule has 0 spiro atoms. The van der Waals surface area contributed by atoms with Crippen LogP contribution in [0, 0.1) is 0 Å². The first-order valence-corrected chi connectivity index (χ1v) is 3.71. The Morgan fingerprint density at radius 3 is 2.83 bits per heavy atom. The van der Waals surface area contributed by atoms with E-state index in [9.17, 15) is 0 Å². The normalized spacial score (nSPS) is 12.5. The molecule has 1 aromatic heterocycles. The second-order valence-corrected chi connectivity index (χ2v) is 2.51. The number of aliphatic hydroxyl groups is 1. The highest BCUT2D eigenvalue weighted by molar-refractivity contribution is 5.17. The molecule has 3 nitrogen and oxygen atoms in total. The van der Waals surface area contributed by atoms with Crippen molar-refractivity contribution in [1.82, 2.24) is 4.98 Å². The van der Waals surface area contributed by atoms with Crippen molar-refractivity contribution in [2.24, 2.45) is 5.73 Å². The summed E-state index contributed by atoms with van der Waals surface area (Å²) in [4.78, 5) is 4.06. The van der Waals surface area contributed by atoms with Gasteiger partial charge in [-0.2, -0.15) is 0 Å². The second kappa shape index (κ2) is 3.99. The zero-order valence-electron chi connectivity index (χ0n) is 6.77. The van der Waals surface area contributed by atoms with Crippen molar-refractivity contribution in [3.05, 3.63) is 42.2 Å². The van der Waals surface area contributed by atoms with Gasteiger partial charge in [-0.05, 0) is 11.6 Å². The summed E-state index contributed by atoms with van der Waals surface area (Å²) in [6, 6.07) is 3.36. The van der Waals surface area contributed by atoms with Crippen molar-refractivity contribution in [3.63, 3.8) is 0 Å². The lowest BCUT2D eigenvalue weighted by molar-refractivity contribution is 0.281. The number of nitrogens with zero attached hydrogens (tertiary/aromatic N) is 1. The maximum absolute atomic E-state index is 8.73. The van der Waals surface area contributed by atoms with Gasteiger partial charge in [0.15, 0.2) is 0 Å². The first-order valence-electron chi connectivity index (χ1n) is 3.71. The van der Waals surface area contributed by atoms with Crippen molar-refractivity contribution in [2.45, 2.75) is 12.6 Å². The fourth-order valence-electron chi connectivity index (χ4n) is 0.847. The summed E-state index contributed by atoms with van der Waals surface area (Å²) in [5.41, 5.74) is 7.20. The van der Waals surface area contributed by atoms with Crippen molar-refractivity contribution in [2.75, 3.05) is 0 Å². The zero-order valence-corrected chi connectivity index (χ0v) is 6.77. The third-order valence-corrected chi connectivity index (χ3v) is 1.63. The van der Waals surface area contributed by atoms with E-state index in [0.717, 1.165) is 11.3 Å². The number of rotatable bonds is 3. The van der Waals surface area contributed by atoms with Gasteiger partial charge in [-0.1, -0.05) is 12.1 Å². The molecule has 0 bridgehead atoms. The van der Waals surface area contributed by atoms with Crippen LogP contribution in [0.1, 0.15) is 17.3 Å². The van der Waals surface area contributed by atoms with Crippen LogP contribution in [0.25, 0.3) is 0 Å². The van der Waals surface area contributed by atoms with Crippen molar-refractivity contribution in [1.29, 1.82) is 0 Å². The van der Waals surface area contributed by atoms with Crippen LogP contribution in [0.3, 0.4) is 0 Å². The summed E-state index contributed by atoms with van der Waals surface area (Å²) in [6.45, 7) is 3.58. The quantitative estimate of drug-likeness (QED) is 0.648. The van der Waals surface area contributed by atoms with Crippen molar-refractivity contribution < 1.29 is 5.11 Å². The average molecular weight is 164 g/mol. The summed E-state index contributed by atoms with van der Waals surface area (Å²) in [6.07, 6.45) is 3.24. The predicted octanol–water partition coefficient (Wildman–Crippen LogP) is 0.760. The molecule has 0 unspecified atom stereocenters. The lowest BCUT2D eigenvalue weighted by Crippen LogP contribution is -2.08. The van der Waals surface area contributed by atoms with Crippen LogP contribution in [-0.4, -0.2) is 10.1 Å². The third-order valence-electron chi connectivity index (χ3n) is 1.63. The van der Waals surface area contributed by atoms with Crippen LogP contribution in [0.2, 0.25) is 0 Å². The Hall–Kier alpha value is -1.19. The van der Waals surface area contributed by atoms with E-state index in [2.05, 4.69) is 11.6 Å². The standard InChI is InChI=1S/C9H12N2O/c1-2-8(10)9-4-3-7(6-12)5-11-9/h2-5,8,12H,1,6,10H2/t8-/m0/s1. The molecule has 0 radical (unpaired) electrons. The highest BCUT2D eigenvalue weighted by atomic mass is 16.3. The van der Waals surface area contributed by atoms with Crippen LogP contribution >= 0.6 is 0 Å². The van der Waals surface area contributed by atoms with E-state index in [4.69, 9.17) is 10.8 Å². The Bertz CT molecular complexity index is 256. The SMILES string of the molecule is C=C[C@H](N)c1ccc(CO)cn1. The minimum absolute atomic E-state index is 0.0105. The molecule has 3 heteroatoms. The molecule has 0 aliphatic heterocycles. The van der Waals surface area contributed by atoms with Crippen LogP contribution in [0.5, 0.6) is 0 Å². The van der Waals surface area contributed by atoms with Gasteiger partial charge >= 0.3 is 0 Å². The summed E-state index contributed by atoms with van der Waals surface area (Å²) in [7, 11) is 0. The van der Waals surface area contributed by atoms with E-state index in [1.54, 1.807) is 24.4 Å². The van der Waals surface area contributed by atoms with Gasteiger partial charge in [0, 0.05) is 6.20 Å². The molecule has 3 N–H and O–H groups in total. The molecule has 0 aliphatic rings. The molecule has 1 atom stereocenters. The van der Waals surface area contributed by atoms with E-state index in [1.165, 1.54) is 0 Å². The van der Waals surface area contributed by atoms with Crippen LogP contribution in [0.15, 0.2) is 31.0 Å². The number of pyridine rings is 1. The number of nitrogens with two attached hydrogens (primary N) is 1. The van der Waals surface area contributed by atoms with Crippen LogP contribution in [-0.2, 0) is 6.61 Å². The predicted molar refractivity (Wildman–Crippen MR) is 47.3 cm³/mol. The molecule has 1 aromatic rings. The number of hydrogen-bond donors (Lipinski definition) is 2. The van der Waals surface area contributed by atoms with Gasteiger partial charge in [-0.25, -0.2) is 0 Å². The molecule has 0 aromatic carbocycles. The van der Waals surface area contributed by atoms with Gasteiger partial charge in [0.2, 0.25) is 0 Å². The molecule has 0 aliphatic carbocycles. The molecule has 1 heterocycles. The van der Waals surface area contributed by atoms with E-state index in [1.807, 2.05) is 0 Å². The first kappa shape index (κ1) is 8.90. The molecule has 0 amide bonds. The van der Waals surface area contributed by atoms with Gasteiger partial charge in [-0.15, -0.1) is 6.58 Å². The third kappa shape index (κ3) is 1.90.